The molecule has 4 aromatic rings. The first-order valence-corrected chi connectivity index (χ1v) is 11.5. The number of ketones is 1. The number of rotatable bonds is 7. The zero-order valence-corrected chi connectivity index (χ0v) is 19.9. The van der Waals surface area contributed by atoms with Gasteiger partial charge in [0.2, 0.25) is 0 Å². The van der Waals surface area contributed by atoms with Crippen molar-refractivity contribution >= 4 is 45.7 Å². The van der Waals surface area contributed by atoms with E-state index in [1.807, 2.05) is 37.3 Å². The zero-order chi connectivity index (χ0) is 24.6. The molecule has 1 atom stereocenters. The highest BCUT2D eigenvalue weighted by Crippen LogP contribution is 2.39. The lowest BCUT2D eigenvalue weighted by molar-refractivity contribution is -0.122. The molecular weight excluding hydrogens is 468 g/mol. The van der Waals surface area contributed by atoms with Gasteiger partial charge < -0.3 is 25.1 Å². The van der Waals surface area contributed by atoms with Crippen LogP contribution in [0.15, 0.2) is 60.9 Å². The van der Waals surface area contributed by atoms with Crippen molar-refractivity contribution in [3.8, 4) is 11.5 Å². The molecule has 2 aromatic carbocycles. The molecule has 3 heterocycles. The Morgan fingerprint density at radius 3 is 2.66 bits per heavy atom. The van der Waals surface area contributed by atoms with Gasteiger partial charge in [0.15, 0.2) is 5.78 Å². The molecule has 0 saturated carbocycles. The lowest BCUT2D eigenvalue weighted by Crippen LogP contribution is -2.53. The van der Waals surface area contributed by atoms with Gasteiger partial charge in [0.25, 0.3) is 5.91 Å². The van der Waals surface area contributed by atoms with Crippen molar-refractivity contribution in [2.75, 3.05) is 23.8 Å². The summed E-state index contributed by atoms with van der Waals surface area (Å²) in [5.41, 5.74) is 1.29. The number of hydrogen-bond donors (Lipinski definition) is 3. The molecule has 1 aliphatic rings. The molecule has 0 spiro atoms. The number of carbonyl (C=O) groups is 2. The highest BCUT2D eigenvalue weighted by atomic mass is 35.5. The van der Waals surface area contributed by atoms with Gasteiger partial charge in [-0.05, 0) is 38.1 Å². The van der Waals surface area contributed by atoms with Gasteiger partial charge in [0.1, 0.15) is 22.7 Å². The summed E-state index contributed by atoms with van der Waals surface area (Å²) in [5, 5.41) is 6.99. The van der Waals surface area contributed by atoms with Crippen molar-refractivity contribution in [3.63, 3.8) is 0 Å². The Balaban J connectivity index is 1.51. The number of carbonyl (C=O) groups excluding carboxylic acids is 2. The van der Waals surface area contributed by atoms with E-state index >= 15 is 0 Å². The minimum Gasteiger partial charge on any atom is -0.457 e. The second kappa shape index (κ2) is 9.05. The monoisotopic (exact) mass is 490 g/mol. The predicted octanol–water partition coefficient (Wildman–Crippen LogP) is 5.40. The lowest BCUT2D eigenvalue weighted by atomic mass is 9.96. The number of H-pyrrole nitrogens is 1. The Kier molecular flexibility index (Phi) is 5.92. The van der Waals surface area contributed by atoms with Crippen LogP contribution in [0, 0.1) is 0 Å². The molecule has 0 fully saturated rings. The molecule has 178 valence electrons. The number of nitrogens with one attached hydrogen (secondary N) is 3. The Morgan fingerprint density at radius 1 is 1.11 bits per heavy atom. The second-order valence-electron chi connectivity index (χ2n) is 8.41. The van der Waals surface area contributed by atoms with Crippen molar-refractivity contribution in [1.29, 1.82) is 0 Å². The topological polar surface area (TPSA) is 105 Å². The van der Waals surface area contributed by atoms with Crippen LogP contribution in [0.4, 0.5) is 11.4 Å². The third kappa shape index (κ3) is 4.22. The van der Waals surface area contributed by atoms with E-state index in [1.165, 1.54) is 0 Å². The summed E-state index contributed by atoms with van der Waals surface area (Å²) in [5.74, 6) is 0.667. The molecule has 0 bridgehead atoms. The Bertz CT molecular complexity index is 1440. The summed E-state index contributed by atoms with van der Waals surface area (Å²) in [6.45, 7) is 4.26. The van der Waals surface area contributed by atoms with E-state index in [2.05, 4.69) is 20.6 Å². The van der Waals surface area contributed by atoms with Crippen molar-refractivity contribution < 1.29 is 19.1 Å². The average Bonchev–Trinajstić information content (AvgIpc) is 3.29. The normalized spacial score (nSPS) is 16.9. The van der Waals surface area contributed by atoms with Gasteiger partial charge in [0.05, 0.1) is 40.2 Å². The molecule has 8 nitrogen and oxygen atoms in total. The minimum atomic E-state index is -1.01. The maximum absolute atomic E-state index is 13.6. The van der Waals surface area contributed by atoms with E-state index in [-0.39, 0.29) is 23.3 Å². The molecule has 0 unspecified atom stereocenters. The van der Waals surface area contributed by atoms with Crippen LogP contribution in [0.3, 0.4) is 0 Å². The molecule has 9 heteroatoms. The van der Waals surface area contributed by atoms with Crippen LogP contribution in [-0.2, 0) is 9.53 Å². The van der Waals surface area contributed by atoms with E-state index in [0.717, 1.165) is 0 Å². The summed E-state index contributed by atoms with van der Waals surface area (Å²) in [6, 6.07) is 14.3. The summed E-state index contributed by atoms with van der Waals surface area (Å²) < 4.78 is 11.3. The van der Waals surface area contributed by atoms with Crippen LogP contribution in [0.1, 0.15) is 29.8 Å². The van der Waals surface area contributed by atoms with Crippen molar-refractivity contribution in [3.05, 3.63) is 77.1 Å². The van der Waals surface area contributed by atoms with Gasteiger partial charge in [-0.15, -0.1) is 0 Å². The van der Waals surface area contributed by atoms with Crippen LogP contribution in [0.25, 0.3) is 11.0 Å². The van der Waals surface area contributed by atoms with E-state index in [0.29, 0.717) is 51.6 Å². The molecule has 0 saturated heterocycles. The lowest BCUT2D eigenvalue weighted by Gasteiger charge is -2.35. The van der Waals surface area contributed by atoms with Crippen LogP contribution in [0.5, 0.6) is 11.5 Å². The maximum atomic E-state index is 13.6. The van der Waals surface area contributed by atoms with Gasteiger partial charge in [-0.3, -0.25) is 9.59 Å². The van der Waals surface area contributed by atoms with E-state index < -0.39 is 5.54 Å². The third-order valence-corrected chi connectivity index (χ3v) is 6.17. The smallest absolute Gasteiger partial charge is 0.252 e. The highest BCUT2D eigenvalue weighted by molar-refractivity contribution is 6.36. The summed E-state index contributed by atoms with van der Waals surface area (Å²) in [7, 11) is 0. The van der Waals surface area contributed by atoms with E-state index in [4.69, 9.17) is 21.1 Å². The number of benzene rings is 2. The number of amides is 1. The SMILES string of the molecule is CCOC[C@]1(C)Nc2c(cnc3[nH]cc(C(=O)c4ccc(Oc5ccccc5)cc4Cl)c23)NC1=O. The van der Waals surface area contributed by atoms with Gasteiger partial charge in [-0.25, -0.2) is 4.98 Å². The van der Waals surface area contributed by atoms with Gasteiger partial charge in [-0.2, -0.15) is 0 Å². The Hall–Kier alpha value is -3.88. The first-order valence-electron chi connectivity index (χ1n) is 11.1. The molecular formula is C26H23ClN4O4. The standard InChI is InChI=1S/C26H23ClN4O4/c1-3-34-14-26(2)25(33)30-20-13-29-24-21(22(20)31-26)18(12-28-24)23(32)17-10-9-16(11-19(17)27)35-15-7-5-4-6-8-15/h4-13,31H,3,14H2,1-2H3,(H,28,29)(H,30,33)/t26-/m0/s1. The first kappa shape index (κ1) is 22.9. The van der Waals surface area contributed by atoms with E-state index in [1.54, 1.807) is 37.5 Å². The van der Waals surface area contributed by atoms with Crippen molar-refractivity contribution in [2.45, 2.75) is 19.4 Å². The largest absolute Gasteiger partial charge is 0.457 e. The number of nitrogens with zero attached hydrogens (tertiary/aromatic N) is 1. The predicted molar refractivity (Wildman–Crippen MR) is 135 cm³/mol. The maximum Gasteiger partial charge on any atom is 0.252 e. The third-order valence-electron chi connectivity index (χ3n) is 5.86. The number of hydrogen-bond acceptors (Lipinski definition) is 6. The molecule has 35 heavy (non-hydrogen) atoms. The fraction of sp³-hybridized carbons (Fsp3) is 0.192. The molecule has 0 aliphatic carbocycles. The number of anilines is 2. The highest BCUT2D eigenvalue weighted by Gasteiger charge is 2.39. The number of fused-ring (bicyclic) bond motifs is 3. The average molecular weight is 491 g/mol. The Labute approximate surface area is 206 Å². The fourth-order valence-electron chi connectivity index (χ4n) is 4.01. The number of halogens is 1. The van der Waals surface area contributed by atoms with Crippen molar-refractivity contribution in [2.24, 2.45) is 0 Å². The molecule has 1 aliphatic heterocycles. The summed E-state index contributed by atoms with van der Waals surface area (Å²) >= 11 is 6.51. The fourth-order valence-corrected chi connectivity index (χ4v) is 4.27. The minimum absolute atomic E-state index is 0.168. The van der Waals surface area contributed by atoms with Crippen LogP contribution in [-0.4, -0.2) is 40.4 Å². The van der Waals surface area contributed by atoms with Gasteiger partial charge >= 0.3 is 0 Å². The van der Waals surface area contributed by atoms with Crippen molar-refractivity contribution in [1.82, 2.24) is 9.97 Å². The van der Waals surface area contributed by atoms with Crippen LogP contribution >= 0.6 is 11.6 Å². The zero-order valence-electron chi connectivity index (χ0n) is 19.1. The van der Waals surface area contributed by atoms with E-state index in [9.17, 15) is 9.59 Å². The molecule has 1 amide bonds. The second-order valence-corrected chi connectivity index (χ2v) is 8.81. The summed E-state index contributed by atoms with van der Waals surface area (Å²) in [4.78, 5) is 33.7. The molecule has 5 rings (SSSR count). The number of aromatic nitrogens is 2. The number of pyridine rings is 1. The van der Waals surface area contributed by atoms with Gasteiger partial charge in [0, 0.05) is 24.4 Å². The Morgan fingerprint density at radius 2 is 1.91 bits per heavy atom. The first-order chi connectivity index (χ1) is 16.9. The van der Waals surface area contributed by atoms with Gasteiger partial charge in [-0.1, -0.05) is 29.8 Å². The van der Waals surface area contributed by atoms with Crippen LogP contribution in [0.2, 0.25) is 5.02 Å². The molecule has 3 N–H and O–H groups in total. The quantitative estimate of drug-likeness (QED) is 0.300. The number of ether oxygens (including phenoxy) is 2. The summed E-state index contributed by atoms with van der Waals surface area (Å²) in [6.07, 6.45) is 3.15. The molecule has 2 aromatic heterocycles. The molecule has 0 radical (unpaired) electrons. The number of para-hydroxylation sites is 1. The number of aromatic amines is 1. The van der Waals surface area contributed by atoms with Crippen LogP contribution < -0.4 is 15.4 Å².